The highest BCUT2D eigenvalue weighted by atomic mass is 32.1. The quantitative estimate of drug-likeness (QED) is 0.397. The number of para-hydroxylation sites is 2. The van der Waals surface area contributed by atoms with Gasteiger partial charge in [0.15, 0.2) is 10.6 Å². The summed E-state index contributed by atoms with van der Waals surface area (Å²) in [7, 11) is 0. The van der Waals surface area contributed by atoms with Crippen LogP contribution in [-0.2, 0) is 11.3 Å². The highest BCUT2D eigenvalue weighted by Crippen LogP contribution is 2.20. The monoisotopic (exact) mass is 441 g/mol. The molecule has 3 heterocycles. The number of benzene rings is 2. The summed E-state index contributed by atoms with van der Waals surface area (Å²) in [6.45, 7) is 2.04. The number of nitrogens with one attached hydrogen (secondary N) is 2. The molecule has 0 bridgehead atoms. The van der Waals surface area contributed by atoms with E-state index in [0.717, 1.165) is 28.0 Å². The van der Waals surface area contributed by atoms with Crippen molar-refractivity contribution in [3.8, 4) is 17.2 Å². The number of fused-ring (bicyclic) bond motifs is 1. The van der Waals surface area contributed by atoms with Crippen LogP contribution < -0.4 is 5.32 Å². The van der Waals surface area contributed by atoms with Crippen molar-refractivity contribution in [2.75, 3.05) is 5.32 Å². The van der Waals surface area contributed by atoms with Crippen LogP contribution in [0.4, 0.5) is 5.69 Å². The van der Waals surface area contributed by atoms with Crippen molar-refractivity contribution in [2.24, 2.45) is 0 Å². The Morgan fingerprint density at radius 1 is 1.09 bits per heavy atom. The zero-order valence-corrected chi connectivity index (χ0v) is 18.0. The van der Waals surface area contributed by atoms with Crippen molar-refractivity contribution in [1.29, 1.82) is 0 Å². The molecule has 0 saturated carbocycles. The molecule has 0 radical (unpaired) electrons. The molecule has 0 unspecified atom stereocenters. The summed E-state index contributed by atoms with van der Waals surface area (Å²) >= 11 is 5.33. The van der Waals surface area contributed by atoms with Crippen molar-refractivity contribution in [3.05, 3.63) is 83.5 Å². The van der Waals surface area contributed by atoms with Gasteiger partial charge in [0.1, 0.15) is 18.7 Å². The van der Waals surface area contributed by atoms with Crippen LogP contribution in [-0.4, -0.2) is 35.2 Å². The lowest BCUT2D eigenvalue weighted by atomic mass is 10.1. The standard InChI is InChI=1S/C23H19N7OS/c1-15-5-4-6-16(11-15)22-27-28-23(32)29(22)13-21(31)26-17-9-10-20(24-12-17)30-14-25-18-7-2-3-8-19(18)30/h2-12,14H,13H2,1H3,(H,26,31)(H,28,32). The van der Waals surface area contributed by atoms with Crippen molar-refractivity contribution in [1.82, 2.24) is 29.3 Å². The second kappa shape index (κ2) is 8.20. The molecule has 0 aliphatic heterocycles. The van der Waals surface area contributed by atoms with Crippen LogP contribution in [0, 0.1) is 11.7 Å². The summed E-state index contributed by atoms with van der Waals surface area (Å²) in [6.07, 6.45) is 3.36. The first kappa shape index (κ1) is 19.8. The van der Waals surface area contributed by atoms with Gasteiger partial charge in [0.2, 0.25) is 5.91 Å². The normalized spacial score (nSPS) is 11.0. The van der Waals surface area contributed by atoms with Gasteiger partial charge >= 0.3 is 0 Å². The molecule has 158 valence electrons. The number of aryl methyl sites for hydroxylation is 1. The summed E-state index contributed by atoms with van der Waals surface area (Å²) in [5.74, 6) is 1.11. The van der Waals surface area contributed by atoms with Crippen LogP contribution in [0.2, 0.25) is 0 Å². The second-order valence-electron chi connectivity index (χ2n) is 7.36. The minimum atomic E-state index is -0.223. The van der Waals surface area contributed by atoms with E-state index in [-0.39, 0.29) is 12.5 Å². The molecule has 32 heavy (non-hydrogen) atoms. The van der Waals surface area contributed by atoms with Gasteiger partial charge in [-0.2, -0.15) is 5.10 Å². The van der Waals surface area contributed by atoms with Gasteiger partial charge in [-0.25, -0.2) is 9.97 Å². The fourth-order valence-electron chi connectivity index (χ4n) is 3.56. The second-order valence-corrected chi connectivity index (χ2v) is 7.75. The first-order valence-corrected chi connectivity index (χ1v) is 10.4. The number of hydrogen-bond acceptors (Lipinski definition) is 5. The van der Waals surface area contributed by atoms with E-state index in [2.05, 4.69) is 25.5 Å². The van der Waals surface area contributed by atoms with Gasteiger partial charge < -0.3 is 5.32 Å². The average molecular weight is 442 g/mol. The van der Waals surface area contributed by atoms with E-state index >= 15 is 0 Å². The molecule has 0 fully saturated rings. The summed E-state index contributed by atoms with van der Waals surface area (Å²) in [5.41, 5.74) is 4.45. The lowest BCUT2D eigenvalue weighted by Crippen LogP contribution is -2.19. The molecule has 0 atom stereocenters. The van der Waals surface area contributed by atoms with Gasteiger partial charge in [-0.15, -0.1) is 0 Å². The summed E-state index contributed by atoms with van der Waals surface area (Å²) < 4.78 is 3.97. The SMILES string of the molecule is Cc1cccc(-c2n[nH]c(=S)n2CC(=O)Nc2ccc(-n3cnc4ccccc43)nc2)c1. The number of nitrogens with zero attached hydrogens (tertiary/aromatic N) is 5. The Hall–Kier alpha value is -4.11. The van der Waals surface area contributed by atoms with E-state index in [1.165, 1.54) is 0 Å². The first-order valence-electron chi connectivity index (χ1n) is 9.99. The van der Waals surface area contributed by atoms with Crippen LogP contribution in [0.1, 0.15) is 5.56 Å². The van der Waals surface area contributed by atoms with Gasteiger partial charge in [0.25, 0.3) is 0 Å². The first-order chi connectivity index (χ1) is 15.6. The number of aromatic nitrogens is 6. The largest absolute Gasteiger partial charge is 0.323 e. The lowest BCUT2D eigenvalue weighted by molar-refractivity contribution is -0.116. The van der Waals surface area contributed by atoms with Gasteiger partial charge in [-0.05, 0) is 49.5 Å². The van der Waals surface area contributed by atoms with Crippen LogP contribution in [0.3, 0.4) is 0 Å². The molecule has 2 aromatic carbocycles. The maximum atomic E-state index is 12.7. The topological polar surface area (TPSA) is 93.4 Å². The number of rotatable bonds is 5. The molecule has 2 N–H and O–H groups in total. The number of amides is 1. The molecule has 1 amide bonds. The Morgan fingerprint density at radius 3 is 2.78 bits per heavy atom. The molecule has 0 aliphatic rings. The highest BCUT2D eigenvalue weighted by molar-refractivity contribution is 7.71. The molecule has 0 spiro atoms. The van der Waals surface area contributed by atoms with Gasteiger partial charge in [-0.1, -0.05) is 35.9 Å². The minimum Gasteiger partial charge on any atom is -0.323 e. The molecule has 8 nitrogen and oxygen atoms in total. The number of H-pyrrole nitrogens is 1. The number of pyridine rings is 1. The van der Waals surface area contributed by atoms with Crippen molar-refractivity contribution in [3.63, 3.8) is 0 Å². The van der Waals surface area contributed by atoms with Crippen molar-refractivity contribution < 1.29 is 4.79 Å². The van der Waals surface area contributed by atoms with E-state index < -0.39 is 0 Å². The third kappa shape index (κ3) is 3.81. The molecule has 0 saturated heterocycles. The van der Waals surface area contributed by atoms with Crippen LogP contribution in [0.25, 0.3) is 28.2 Å². The summed E-state index contributed by atoms with van der Waals surface area (Å²) in [5, 5.41) is 9.95. The lowest BCUT2D eigenvalue weighted by Gasteiger charge is -2.09. The Labute approximate surface area is 188 Å². The fraction of sp³-hybridized carbons (Fsp3) is 0.0870. The van der Waals surface area contributed by atoms with Crippen molar-refractivity contribution >= 4 is 34.8 Å². The van der Waals surface area contributed by atoms with Gasteiger partial charge in [0.05, 0.1) is 22.9 Å². The molecular weight excluding hydrogens is 422 g/mol. The molecule has 0 aliphatic carbocycles. The number of anilines is 1. The zero-order valence-electron chi connectivity index (χ0n) is 17.2. The number of imidazole rings is 1. The average Bonchev–Trinajstić information content (AvgIpc) is 3.38. The maximum absolute atomic E-state index is 12.7. The van der Waals surface area contributed by atoms with E-state index in [9.17, 15) is 4.79 Å². The van der Waals surface area contributed by atoms with E-state index in [1.54, 1.807) is 17.1 Å². The zero-order chi connectivity index (χ0) is 22.1. The number of carbonyl (C=O) groups is 1. The molecule has 9 heteroatoms. The fourth-order valence-corrected chi connectivity index (χ4v) is 3.75. The Balaban J connectivity index is 1.33. The number of carbonyl (C=O) groups excluding carboxylic acids is 1. The van der Waals surface area contributed by atoms with Crippen molar-refractivity contribution in [2.45, 2.75) is 13.5 Å². The Bertz CT molecular complexity index is 1480. The predicted octanol–water partition coefficient (Wildman–Crippen LogP) is 4.29. The number of aromatic amines is 1. The Morgan fingerprint density at radius 2 is 1.97 bits per heavy atom. The van der Waals surface area contributed by atoms with Crippen LogP contribution in [0.5, 0.6) is 0 Å². The Kier molecular flexibility index (Phi) is 5.08. The van der Waals surface area contributed by atoms with Crippen LogP contribution in [0.15, 0.2) is 73.2 Å². The summed E-state index contributed by atoms with van der Waals surface area (Å²) in [6, 6.07) is 19.4. The highest BCUT2D eigenvalue weighted by Gasteiger charge is 2.13. The van der Waals surface area contributed by atoms with Crippen LogP contribution >= 0.6 is 12.2 Å². The number of hydrogen-bond donors (Lipinski definition) is 2. The molecule has 3 aromatic heterocycles. The minimum absolute atomic E-state index is 0.0342. The maximum Gasteiger partial charge on any atom is 0.244 e. The molecule has 5 rings (SSSR count). The predicted molar refractivity (Wildman–Crippen MR) is 125 cm³/mol. The van der Waals surface area contributed by atoms with E-state index in [1.807, 2.05) is 72.2 Å². The van der Waals surface area contributed by atoms with E-state index in [0.29, 0.717) is 16.3 Å². The molecule has 5 aromatic rings. The smallest absolute Gasteiger partial charge is 0.244 e. The van der Waals surface area contributed by atoms with Gasteiger partial charge in [-0.3, -0.25) is 19.0 Å². The molecular formula is C23H19N7OS. The van der Waals surface area contributed by atoms with E-state index in [4.69, 9.17) is 12.2 Å². The third-order valence-electron chi connectivity index (χ3n) is 5.07. The summed E-state index contributed by atoms with van der Waals surface area (Å²) in [4.78, 5) is 21.6. The third-order valence-corrected chi connectivity index (χ3v) is 5.38. The van der Waals surface area contributed by atoms with Gasteiger partial charge in [0, 0.05) is 5.56 Å².